The van der Waals surface area contributed by atoms with Crippen LogP contribution in [0.15, 0.2) is 35.5 Å². The van der Waals surface area contributed by atoms with Gasteiger partial charge in [-0.1, -0.05) is 12.2 Å². The Labute approximate surface area is 129 Å². The summed E-state index contributed by atoms with van der Waals surface area (Å²) in [7, 11) is 0. The van der Waals surface area contributed by atoms with Gasteiger partial charge in [-0.15, -0.1) is 0 Å². The fourth-order valence-corrected chi connectivity index (χ4v) is 2.62. The lowest BCUT2D eigenvalue weighted by molar-refractivity contribution is 0.321. The third kappa shape index (κ3) is 3.50. The summed E-state index contributed by atoms with van der Waals surface area (Å²) in [5.41, 5.74) is 7.77. The maximum absolute atomic E-state index is 12.9. The lowest BCUT2D eigenvalue weighted by atomic mass is 10.2. The van der Waals surface area contributed by atoms with Crippen LogP contribution < -0.4 is 10.6 Å². The molecule has 1 aromatic carbocycles. The van der Waals surface area contributed by atoms with E-state index in [9.17, 15) is 4.39 Å². The Balaban J connectivity index is 2.05. The van der Waals surface area contributed by atoms with E-state index in [1.165, 1.54) is 12.1 Å². The van der Waals surface area contributed by atoms with Crippen LogP contribution in [0.1, 0.15) is 6.92 Å². The van der Waals surface area contributed by atoms with Crippen molar-refractivity contribution < 1.29 is 4.39 Å². The third-order valence-corrected chi connectivity index (χ3v) is 3.87. The van der Waals surface area contributed by atoms with Gasteiger partial charge < -0.3 is 15.5 Å². The van der Waals surface area contributed by atoms with E-state index in [-0.39, 0.29) is 10.8 Å². The van der Waals surface area contributed by atoms with Crippen LogP contribution in [-0.4, -0.2) is 36.1 Å². The van der Waals surface area contributed by atoms with Crippen molar-refractivity contribution in [3.05, 3.63) is 41.4 Å². The first-order valence-corrected chi connectivity index (χ1v) is 7.10. The Morgan fingerprint density at radius 1 is 1.24 bits per heavy atom. The Hall–Kier alpha value is -2.13. The van der Waals surface area contributed by atoms with Gasteiger partial charge >= 0.3 is 0 Å². The number of allylic oxidation sites excluding steroid dienone is 1. The molecule has 2 rings (SSSR count). The minimum atomic E-state index is -0.230. The van der Waals surface area contributed by atoms with Crippen LogP contribution in [0.3, 0.4) is 0 Å². The molecule has 110 valence electrons. The second kappa shape index (κ2) is 6.55. The van der Waals surface area contributed by atoms with Crippen molar-refractivity contribution in [2.75, 3.05) is 31.1 Å². The Bertz CT molecular complexity index is 595. The van der Waals surface area contributed by atoms with Crippen molar-refractivity contribution in [3.8, 4) is 6.07 Å². The molecular weight excluding hydrogens is 287 g/mol. The molecule has 2 N–H and O–H groups in total. The smallest absolute Gasteiger partial charge is 0.123 e. The molecule has 1 aromatic rings. The molecule has 0 saturated carbocycles. The molecular formula is C15H17FN4S. The molecule has 0 spiro atoms. The van der Waals surface area contributed by atoms with Crippen LogP contribution in [0, 0.1) is 17.1 Å². The molecule has 1 aliphatic heterocycles. The van der Waals surface area contributed by atoms with E-state index in [0.29, 0.717) is 5.57 Å². The summed E-state index contributed by atoms with van der Waals surface area (Å²) in [5.74, 6) is -0.230. The summed E-state index contributed by atoms with van der Waals surface area (Å²) in [6.45, 7) is 5.03. The van der Waals surface area contributed by atoms with Gasteiger partial charge in [-0.2, -0.15) is 5.26 Å². The van der Waals surface area contributed by atoms with E-state index in [4.69, 9.17) is 23.2 Å². The molecule has 0 aliphatic carbocycles. The fraction of sp³-hybridized carbons (Fsp3) is 0.333. The maximum atomic E-state index is 12.9. The number of rotatable bonds is 3. The summed E-state index contributed by atoms with van der Waals surface area (Å²) in [5, 5.41) is 9.11. The molecule has 0 aromatic heterocycles. The zero-order valence-corrected chi connectivity index (χ0v) is 12.7. The first kappa shape index (κ1) is 15.3. The molecule has 4 nitrogen and oxygen atoms in total. The molecule has 0 atom stereocenters. The normalized spacial score (nSPS) is 16.2. The standard InChI is InChI=1S/C15H17FN4S/c1-11(14(10-17)15(18)21)19-6-8-20(9-7-19)13-4-2-12(16)3-5-13/h2-5H,6-9H2,1H3,(H2,18,21)/b14-11+. The van der Waals surface area contributed by atoms with Crippen molar-refractivity contribution in [1.82, 2.24) is 4.90 Å². The van der Waals surface area contributed by atoms with Gasteiger partial charge in [0.25, 0.3) is 0 Å². The second-order valence-corrected chi connectivity index (χ2v) is 5.33. The Morgan fingerprint density at radius 2 is 1.81 bits per heavy atom. The van der Waals surface area contributed by atoms with E-state index in [1.807, 2.05) is 6.92 Å². The van der Waals surface area contributed by atoms with Crippen LogP contribution in [0.25, 0.3) is 0 Å². The third-order valence-electron chi connectivity index (χ3n) is 3.67. The summed E-state index contributed by atoms with van der Waals surface area (Å²) >= 11 is 4.90. The average Bonchev–Trinajstić information content (AvgIpc) is 2.48. The van der Waals surface area contributed by atoms with Gasteiger partial charge in [0.2, 0.25) is 0 Å². The fourth-order valence-electron chi connectivity index (χ4n) is 2.42. The predicted octanol–water partition coefficient (Wildman–Crippen LogP) is 2.03. The zero-order valence-electron chi connectivity index (χ0n) is 11.8. The van der Waals surface area contributed by atoms with E-state index in [0.717, 1.165) is 37.6 Å². The topological polar surface area (TPSA) is 56.3 Å². The number of thiocarbonyl (C=S) groups is 1. The minimum Gasteiger partial charge on any atom is -0.389 e. The largest absolute Gasteiger partial charge is 0.389 e. The molecule has 0 bridgehead atoms. The van der Waals surface area contributed by atoms with Crippen LogP contribution in [-0.2, 0) is 0 Å². The van der Waals surface area contributed by atoms with Gasteiger partial charge in [0.05, 0.1) is 0 Å². The zero-order chi connectivity index (χ0) is 15.4. The molecule has 6 heteroatoms. The minimum absolute atomic E-state index is 0.135. The number of piperazine rings is 1. The summed E-state index contributed by atoms with van der Waals surface area (Å²) in [6.07, 6.45) is 0. The van der Waals surface area contributed by atoms with Gasteiger partial charge in [-0.3, -0.25) is 0 Å². The SMILES string of the molecule is C/C(=C(/C#N)C(N)=S)N1CCN(c2ccc(F)cc2)CC1. The lowest BCUT2D eigenvalue weighted by Gasteiger charge is -2.38. The number of anilines is 1. The number of hydrogen-bond acceptors (Lipinski definition) is 4. The summed E-state index contributed by atoms with van der Waals surface area (Å²) in [4.78, 5) is 4.43. The molecule has 0 radical (unpaired) electrons. The van der Waals surface area contributed by atoms with Crippen LogP contribution in [0.2, 0.25) is 0 Å². The first-order chi connectivity index (χ1) is 10.0. The number of nitriles is 1. The van der Waals surface area contributed by atoms with E-state index in [1.54, 1.807) is 12.1 Å². The molecule has 21 heavy (non-hydrogen) atoms. The van der Waals surface area contributed by atoms with E-state index < -0.39 is 0 Å². The Morgan fingerprint density at radius 3 is 2.29 bits per heavy atom. The van der Waals surface area contributed by atoms with Crippen LogP contribution in [0.4, 0.5) is 10.1 Å². The van der Waals surface area contributed by atoms with Gasteiger partial charge in [0, 0.05) is 37.6 Å². The van der Waals surface area contributed by atoms with E-state index >= 15 is 0 Å². The number of hydrogen-bond donors (Lipinski definition) is 1. The maximum Gasteiger partial charge on any atom is 0.123 e. The van der Waals surface area contributed by atoms with Gasteiger partial charge in [0.1, 0.15) is 22.4 Å². The Kier molecular flexibility index (Phi) is 4.76. The van der Waals surface area contributed by atoms with Crippen LogP contribution >= 0.6 is 12.2 Å². The highest BCUT2D eigenvalue weighted by Crippen LogP contribution is 2.19. The highest BCUT2D eigenvalue weighted by atomic mass is 32.1. The van der Waals surface area contributed by atoms with Crippen molar-refractivity contribution in [1.29, 1.82) is 5.26 Å². The molecule has 1 fully saturated rings. The number of halogens is 1. The van der Waals surface area contributed by atoms with Crippen molar-refractivity contribution >= 4 is 22.9 Å². The average molecular weight is 304 g/mol. The quantitative estimate of drug-likeness (QED) is 0.526. The molecule has 0 unspecified atom stereocenters. The summed E-state index contributed by atoms with van der Waals surface area (Å²) in [6, 6.07) is 8.56. The molecule has 1 aliphatic rings. The number of nitrogens with two attached hydrogens (primary N) is 1. The van der Waals surface area contributed by atoms with Crippen molar-refractivity contribution in [3.63, 3.8) is 0 Å². The molecule has 1 saturated heterocycles. The lowest BCUT2D eigenvalue weighted by Crippen LogP contribution is -2.46. The van der Waals surface area contributed by atoms with Crippen molar-refractivity contribution in [2.45, 2.75) is 6.92 Å². The van der Waals surface area contributed by atoms with Gasteiger partial charge in [-0.25, -0.2) is 4.39 Å². The monoisotopic (exact) mass is 304 g/mol. The van der Waals surface area contributed by atoms with Gasteiger partial charge in [0.15, 0.2) is 0 Å². The second-order valence-electron chi connectivity index (χ2n) is 4.89. The highest BCUT2D eigenvalue weighted by molar-refractivity contribution is 7.80. The summed E-state index contributed by atoms with van der Waals surface area (Å²) < 4.78 is 12.9. The van der Waals surface area contributed by atoms with Gasteiger partial charge in [-0.05, 0) is 31.2 Å². The number of nitrogens with zero attached hydrogens (tertiary/aromatic N) is 3. The van der Waals surface area contributed by atoms with E-state index in [2.05, 4.69) is 15.9 Å². The molecule has 1 heterocycles. The van der Waals surface area contributed by atoms with Crippen molar-refractivity contribution in [2.24, 2.45) is 5.73 Å². The predicted molar refractivity (Wildman–Crippen MR) is 85.3 cm³/mol. The highest BCUT2D eigenvalue weighted by Gasteiger charge is 2.20. The first-order valence-electron chi connectivity index (χ1n) is 6.69. The number of benzene rings is 1. The molecule has 0 amide bonds. The van der Waals surface area contributed by atoms with Crippen LogP contribution in [0.5, 0.6) is 0 Å².